The van der Waals surface area contributed by atoms with Crippen LogP contribution in [0.4, 0.5) is 0 Å². The second-order valence-corrected chi connectivity index (χ2v) is 6.68. The number of aliphatic imine (C=N–C) groups is 1. The molecule has 0 saturated heterocycles. The van der Waals surface area contributed by atoms with Gasteiger partial charge in [0.15, 0.2) is 5.96 Å². The molecule has 0 unspecified atom stereocenters. The number of hydrogen-bond acceptors (Lipinski definition) is 4. The molecular formula is C19H31BrN4O3. The summed E-state index contributed by atoms with van der Waals surface area (Å²) in [5.41, 5.74) is 0.636. The van der Waals surface area contributed by atoms with Crippen LogP contribution in [0.2, 0.25) is 0 Å². The fourth-order valence-corrected chi connectivity index (χ4v) is 2.36. The highest BCUT2D eigenvalue weighted by Gasteiger charge is 2.04. The normalized spacial score (nSPS) is 11.3. The van der Waals surface area contributed by atoms with Gasteiger partial charge >= 0.3 is 0 Å². The quantitative estimate of drug-likeness (QED) is 0.247. The molecule has 0 atom stereocenters. The van der Waals surface area contributed by atoms with Gasteiger partial charge in [-0.1, -0.05) is 29.3 Å². The van der Waals surface area contributed by atoms with E-state index in [0.717, 1.165) is 23.9 Å². The fraction of sp³-hybridized carbons (Fsp3) is 0.579. The lowest BCUT2D eigenvalue weighted by molar-refractivity contribution is 0.0487. The molecule has 1 aromatic rings. The Morgan fingerprint density at radius 3 is 2.26 bits per heavy atom. The lowest BCUT2D eigenvalue weighted by atomic mass is 10.2. The van der Waals surface area contributed by atoms with E-state index >= 15 is 0 Å². The molecule has 0 aliphatic carbocycles. The van der Waals surface area contributed by atoms with Crippen molar-refractivity contribution in [3.8, 4) is 0 Å². The van der Waals surface area contributed by atoms with Crippen molar-refractivity contribution < 1.29 is 14.3 Å². The lowest BCUT2D eigenvalue weighted by Crippen LogP contribution is -2.42. The van der Waals surface area contributed by atoms with E-state index < -0.39 is 0 Å². The number of ether oxygens (including phenoxy) is 2. The Labute approximate surface area is 170 Å². The Morgan fingerprint density at radius 2 is 1.59 bits per heavy atom. The van der Waals surface area contributed by atoms with Gasteiger partial charge < -0.3 is 25.4 Å². The molecule has 8 heteroatoms. The summed E-state index contributed by atoms with van der Waals surface area (Å²) in [6, 6.07) is 7.25. The van der Waals surface area contributed by atoms with Crippen LogP contribution in [0.3, 0.4) is 0 Å². The maximum absolute atomic E-state index is 12.0. The van der Waals surface area contributed by atoms with E-state index in [9.17, 15) is 4.79 Å². The van der Waals surface area contributed by atoms with Crippen molar-refractivity contribution in [1.29, 1.82) is 0 Å². The van der Waals surface area contributed by atoms with Crippen LogP contribution in [-0.4, -0.2) is 65.0 Å². The molecular weight excluding hydrogens is 412 g/mol. The Hall–Kier alpha value is -1.64. The third-order valence-electron chi connectivity index (χ3n) is 3.59. The molecule has 1 rings (SSSR count). The highest BCUT2D eigenvalue weighted by molar-refractivity contribution is 9.10. The Kier molecular flexibility index (Phi) is 13.4. The maximum atomic E-state index is 12.0. The molecule has 0 heterocycles. The second-order valence-electron chi connectivity index (χ2n) is 5.77. The van der Waals surface area contributed by atoms with E-state index in [2.05, 4.69) is 43.8 Å². The maximum Gasteiger partial charge on any atom is 0.251 e. The Morgan fingerprint density at radius 1 is 0.963 bits per heavy atom. The number of amides is 1. The van der Waals surface area contributed by atoms with Gasteiger partial charge in [-0.25, -0.2) is 0 Å². The first-order valence-electron chi connectivity index (χ1n) is 9.31. The van der Waals surface area contributed by atoms with Crippen LogP contribution in [0.25, 0.3) is 0 Å². The second kappa shape index (κ2) is 15.4. The van der Waals surface area contributed by atoms with E-state index in [1.807, 2.05) is 12.1 Å². The predicted molar refractivity (Wildman–Crippen MR) is 112 cm³/mol. The number of nitrogens with zero attached hydrogens (tertiary/aromatic N) is 1. The van der Waals surface area contributed by atoms with Crippen LogP contribution in [0.5, 0.6) is 0 Å². The van der Waals surface area contributed by atoms with Crippen molar-refractivity contribution in [3.63, 3.8) is 0 Å². The van der Waals surface area contributed by atoms with Gasteiger partial charge in [0.25, 0.3) is 5.91 Å². The van der Waals surface area contributed by atoms with Gasteiger partial charge in [-0.05, 0) is 30.7 Å². The van der Waals surface area contributed by atoms with E-state index in [1.165, 1.54) is 0 Å². The number of rotatable bonds is 13. The zero-order chi connectivity index (χ0) is 19.7. The first-order valence-corrected chi connectivity index (χ1v) is 10.1. The third kappa shape index (κ3) is 11.6. The van der Waals surface area contributed by atoms with Crippen molar-refractivity contribution in [3.05, 3.63) is 34.3 Å². The minimum atomic E-state index is -0.0956. The molecule has 1 amide bonds. The summed E-state index contributed by atoms with van der Waals surface area (Å²) >= 11 is 3.35. The van der Waals surface area contributed by atoms with E-state index in [-0.39, 0.29) is 5.91 Å². The molecule has 0 aliphatic heterocycles. The van der Waals surface area contributed by atoms with Gasteiger partial charge in [0, 0.05) is 43.3 Å². The molecule has 0 aromatic heterocycles. The van der Waals surface area contributed by atoms with E-state index in [1.54, 1.807) is 19.2 Å². The average Bonchev–Trinajstić information content (AvgIpc) is 2.68. The number of unbranched alkanes of at least 4 members (excludes halogenated alkanes) is 1. The van der Waals surface area contributed by atoms with Gasteiger partial charge in [0.2, 0.25) is 0 Å². The summed E-state index contributed by atoms with van der Waals surface area (Å²) in [7, 11) is 1.71. The van der Waals surface area contributed by atoms with Crippen LogP contribution in [0, 0.1) is 0 Å². The zero-order valence-corrected chi connectivity index (χ0v) is 17.8. The van der Waals surface area contributed by atoms with Crippen molar-refractivity contribution in [1.82, 2.24) is 16.0 Å². The van der Waals surface area contributed by atoms with Crippen LogP contribution >= 0.6 is 15.9 Å². The molecule has 0 spiro atoms. The Bertz CT molecular complexity index is 552. The summed E-state index contributed by atoms with van der Waals surface area (Å²) in [6.07, 6.45) is 2.23. The van der Waals surface area contributed by atoms with Crippen molar-refractivity contribution in [2.75, 3.05) is 53.1 Å². The first-order chi connectivity index (χ1) is 13.2. The smallest absolute Gasteiger partial charge is 0.251 e. The largest absolute Gasteiger partial charge is 0.379 e. The number of hydrogen-bond donors (Lipinski definition) is 3. The minimum absolute atomic E-state index is 0.0956. The number of halogens is 1. The summed E-state index contributed by atoms with van der Waals surface area (Å²) in [4.78, 5) is 16.1. The molecule has 0 aliphatic rings. The van der Waals surface area contributed by atoms with Crippen molar-refractivity contribution in [2.45, 2.75) is 19.8 Å². The van der Waals surface area contributed by atoms with Crippen LogP contribution < -0.4 is 16.0 Å². The fourth-order valence-electron chi connectivity index (χ4n) is 2.09. The van der Waals surface area contributed by atoms with E-state index in [4.69, 9.17) is 9.47 Å². The van der Waals surface area contributed by atoms with Crippen LogP contribution in [0.1, 0.15) is 30.1 Å². The van der Waals surface area contributed by atoms with Crippen LogP contribution in [0.15, 0.2) is 33.7 Å². The highest BCUT2D eigenvalue weighted by Crippen LogP contribution is 2.10. The number of carbonyl (C=O) groups excluding carboxylic acids is 1. The van der Waals surface area contributed by atoms with Crippen molar-refractivity contribution >= 4 is 27.8 Å². The Balaban J connectivity index is 2.04. The summed E-state index contributed by atoms with van der Waals surface area (Å²) in [6.45, 7) is 6.48. The molecule has 0 fully saturated rings. The molecule has 0 saturated carbocycles. The lowest BCUT2D eigenvalue weighted by Gasteiger charge is -2.12. The molecule has 1 aromatic carbocycles. The van der Waals surface area contributed by atoms with Gasteiger partial charge in [-0.3, -0.25) is 9.79 Å². The molecule has 27 heavy (non-hydrogen) atoms. The SMILES string of the molecule is CCCCOCCOCCNC(=NC)NCCNC(=O)c1ccc(Br)cc1. The van der Waals surface area contributed by atoms with Crippen LogP contribution in [-0.2, 0) is 9.47 Å². The van der Waals surface area contributed by atoms with E-state index in [0.29, 0.717) is 51.0 Å². The van der Waals surface area contributed by atoms with Gasteiger partial charge in [-0.15, -0.1) is 0 Å². The number of nitrogens with one attached hydrogen (secondary N) is 3. The summed E-state index contributed by atoms with van der Waals surface area (Å²) in [5, 5.41) is 9.17. The standard InChI is InChI=1S/C19H31BrN4O3/c1-3-4-12-26-14-15-27-13-11-24-19(21-2)23-10-9-22-18(25)16-5-7-17(20)8-6-16/h5-8H,3-4,9-15H2,1-2H3,(H,22,25)(H2,21,23,24). The van der Waals surface area contributed by atoms with Gasteiger partial charge in [0.1, 0.15) is 0 Å². The summed E-state index contributed by atoms with van der Waals surface area (Å²) < 4.78 is 11.9. The highest BCUT2D eigenvalue weighted by atomic mass is 79.9. The number of carbonyl (C=O) groups is 1. The number of benzene rings is 1. The van der Waals surface area contributed by atoms with Crippen molar-refractivity contribution in [2.24, 2.45) is 4.99 Å². The summed E-state index contributed by atoms with van der Waals surface area (Å²) in [5.74, 6) is 0.581. The van der Waals surface area contributed by atoms with Gasteiger partial charge in [-0.2, -0.15) is 0 Å². The average molecular weight is 443 g/mol. The van der Waals surface area contributed by atoms with Gasteiger partial charge in [0.05, 0.1) is 19.8 Å². The molecule has 152 valence electrons. The molecule has 0 radical (unpaired) electrons. The monoisotopic (exact) mass is 442 g/mol. The third-order valence-corrected chi connectivity index (χ3v) is 4.11. The minimum Gasteiger partial charge on any atom is -0.379 e. The predicted octanol–water partition coefficient (Wildman–Crippen LogP) is 2.18. The molecule has 7 nitrogen and oxygen atoms in total. The first kappa shape index (κ1) is 23.4. The zero-order valence-electron chi connectivity index (χ0n) is 16.2. The number of guanidine groups is 1. The molecule has 0 bridgehead atoms. The topological polar surface area (TPSA) is 84.0 Å². The molecule has 3 N–H and O–H groups in total.